The highest BCUT2D eigenvalue weighted by molar-refractivity contribution is 5.94. The van der Waals surface area contributed by atoms with Crippen LogP contribution in [0.3, 0.4) is 0 Å². The molecule has 1 amide bonds. The Morgan fingerprint density at radius 2 is 1.85 bits per heavy atom. The quantitative estimate of drug-likeness (QED) is 0.745. The minimum atomic E-state index is -1.07. The number of rotatable bonds is 8. The summed E-state index contributed by atoms with van der Waals surface area (Å²) in [5.41, 5.74) is 1.34. The van der Waals surface area contributed by atoms with E-state index in [0.29, 0.717) is 17.9 Å². The normalized spacial score (nSPS) is 13.9. The van der Waals surface area contributed by atoms with Gasteiger partial charge in [0, 0.05) is 17.7 Å². The summed E-state index contributed by atoms with van der Waals surface area (Å²) in [6, 6.07) is 14.2. The molecule has 0 spiro atoms. The van der Waals surface area contributed by atoms with Crippen LogP contribution in [0, 0.1) is 0 Å². The number of aliphatic carboxylic acids is 1. The second kappa shape index (κ2) is 9.07. The summed E-state index contributed by atoms with van der Waals surface area (Å²) < 4.78 is 11.2. The molecule has 0 atom stereocenters. The number of amides is 1. The minimum absolute atomic E-state index is 0.255. The zero-order chi connectivity index (χ0) is 19.1. The lowest BCUT2D eigenvalue weighted by Crippen LogP contribution is -2.23. The molecule has 3 rings (SSSR count). The molecule has 2 aromatic rings. The van der Waals surface area contributed by atoms with Crippen molar-refractivity contribution in [1.82, 2.24) is 5.32 Å². The van der Waals surface area contributed by atoms with Crippen LogP contribution in [-0.2, 0) is 11.3 Å². The molecular formula is C21H23NO5. The van der Waals surface area contributed by atoms with Crippen LogP contribution in [0.4, 0.5) is 0 Å². The molecule has 1 saturated carbocycles. The highest BCUT2D eigenvalue weighted by Crippen LogP contribution is 2.26. The van der Waals surface area contributed by atoms with Gasteiger partial charge in [-0.15, -0.1) is 0 Å². The van der Waals surface area contributed by atoms with Gasteiger partial charge in [0.05, 0.1) is 6.10 Å². The predicted molar refractivity (Wildman–Crippen MR) is 100 cm³/mol. The number of carbonyl (C=O) groups excluding carboxylic acids is 1. The molecule has 0 heterocycles. The number of benzene rings is 2. The van der Waals surface area contributed by atoms with Crippen molar-refractivity contribution in [3.8, 4) is 11.5 Å². The summed E-state index contributed by atoms with van der Waals surface area (Å²) in [6.45, 7) is -0.0983. The third-order valence-electron chi connectivity index (χ3n) is 4.47. The summed E-state index contributed by atoms with van der Waals surface area (Å²) in [5.74, 6) is -0.173. The summed E-state index contributed by atoms with van der Waals surface area (Å²) in [4.78, 5) is 23.0. The van der Waals surface area contributed by atoms with Crippen molar-refractivity contribution in [3.05, 3.63) is 59.7 Å². The highest BCUT2D eigenvalue weighted by Gasteiger charge is 2.18. The first-order chi connectivity index (χ1) is 13.1. The molecule has 2 N–H and O–H groups in total. The van der Waals surface area contributed by atoms with Crippen molar-refractivity contribution in [1.29, 1.82) is 0 Å². The average Bonchev–Trinajstić information content (AvgIpc) is 3.19. The van der Waals surface area contributed by atoms with Gasteiger partial charge in [-0.05, 0) is 49.9 Å². The summed E-state index contributed by atoms with van der Waals surface area (Å²) in [5, 5.41) is 11.6. The van der Waals surface area contributed by atoms with E-state index in [1.165, 1.54) is 18.9 Å². The van der Waals surface area contributed by atoms with Crippen LogP contribution in [0.25, 0.3) is 0 Å². The fourth-order valence-electron chi connectivity index (χ4n) is 3.10. The molecule has 0 unspecified atom stereocenters. The Morgan fingerprint density at radius 3 is 2.63 bits per heavy atom. The van der Waals surface area contributed by atoms with E-state index in [-0.39, 0.29) is 12.0 Å². The first kappa shape index (κ1) is 18.8. The van der Waals surface area contributed by atoms with E-state index in [1.54, 1.807) is 18.2 Å². The molecule has 0 radical (unpaired) electrons. The standard InChI is InChI=1S/C21H23NO5/c23-20(24)14-26-18-10-5-7-15(12-18)21(25)22-13-16-6-1-4-11-19(16)27-17-8-2-3-9-17/h1,4-7,10-12,17H,2-3,8-9,13-14H2,(H,22,25)(H,23,24). The number of hydrogen-bond acceptors (Lipinski definition) is 4. The monoisotopic (exact) mass is 369 g/mol. The van der Waals surface area contributed by atoms with E-state index < -0.39 is 12.6 Å². The van der Waals surface area contributed by atoms with Crippen LogP contribution >= 0.6 is 0 Å². The van der Waals surface area contributed by atoms with Crippen molar-refractivity contribution >= 4 is 11.9 Å². The number of ether oxygens (including phenoxy) is 2. The Bertz CT molecular complexity index is 799. The molecule has 0 saturated heterocycles. The molecule has 1 aliphatic rings. The average molecular weight is 369 g/mol. The van der Waals surface area contributed by atoms with Gasteiger partial charge in [-0.3, -0.25) is 4.79 Å². The van der Waals surface area contributed by atoms with E-state index >= 15 is 0 Å². The van der Waals surface area contributed by atoms with Gasteiger partial charge >= 0.3 is 5.97 Å². The zero-order valence-electron chi connectivity index (χ0n) is 15.0. The molecule has 27 heavy (non-hydrogen) atoms. The molecule has 6 heteroatoms. The molecule has 0 bridgehead atoms. The fraction of sp³-hybridized carbons (Fsp3) is 0.333. The maximum Gasteiger partial charge on any atom is 0.341 e. The van der Waals surface area contributed by atoms with Crippen molar-refractivity contribution in [2.75, 3.05) is 6.61 Å². The largest absolute Gasteiger partial charge is 0.490 e. The topological polar surface area (TPSA) is 84.9 Å². The summed E-state index contributed by atoms with van der Waals surface area (Å²) in [6.07, 6.45) is 4.80. The Kier molecular flexibility index (Phi) is 6.30. The van der Waals surface area contributed by atoms with Gasteiger partial charge in [0.2, 0.25) is 0 Å². The second-order valence-corrected chi connectivity index (χ2v) is 6.52. The number of carboxylic acids is 1. The molecule has 1 fully saturated rings. The van der Waals surface area contributed by atoms with Gasteiger partial charge in [-0.1, -0.05) is 24.3 Å². The van der Waals surface area contributed by atoms with E-state index in [0.717, 1.165) is 24.2 Å². The van der Waals surface area contributed by atoms with E-state index in [2.05, 4.69) is 5.32 Å². The lowest BCUT2D eigenvalue weighted by Gasteiger charge is -2.17. The fourth-order valence-corrected chi connectivity index (χ4v) is 3.10. The molecule has 142 valence electrons. The first-order valence-electron chi connectivity index (χ1n) is 9.09. The second-order valence-electron chi connectivity index (χ2n) is 6.52. The Balaban J connectivity index is 1.60. The van der Waals surface area contributed by atoms with Gasteiger partial charge in [0.25, 0.3) is 5.91 Å². The molecule has 0 aliphatic heterocycles. The number of carbonyl (C=O) groups is 2. The van der Waals surface area contributed by atoms with E-state index in [1.807, 2.05) is 24.3 Å². The summed E-state index contributed by atoms with van der Waals surface area (Å²) in [7, 11) is 0. The Labute approximate surface area is 158 Å². The van der Waals surface area contributed by atoms with Gasteiger partial charge < -0.3 is 19.9 Å². The van der Waals surface area contributed by atoms with Gasteiger partial charge in [0.15, 0.2) is 6.61 Å². The van der Waals surface area contributed by atoms with Crippen LogP contribution in [0.15, 0.2) is 48.5 Å². The number of para-hydroxylation sites is 1. The number of hydrogen-bond donors (Lipinski definition) is 2. The molecule has 2 aromatic carbocycles. The molecular weight excluding hydrogens is 346 g/mol. The zero-order valence-corrected chi connectivity index (χ0v) is 15.0. The Morgan fingerprint density at radius 1 is 1.07 bits per heavy atom. The molecule has 0 aromatic heterocycles. The van der Waals surface area contributed by atoms with E-state index in [9.17, 15) is 9.59 Å². The maximum absolute atomic E-state index is 12.4. The van der Waals surface area contributed by atoms with Crippen LogP contribution < -0.4 is 14.8 Å². The lowest BCUT2D eigenvalue weighted by atomic mass is 10.1. The lowest BCUT2D eigenvalue weighted by molar-refractivity contribution is -0.139. The minimum Gasteiger partial charge on any atom is -0.490 e. The smallest absolute Gasteiger partial charge is 0.341 e. The van der Waals surface area contributed by atoms with Crippen molar-refractivity contribution in [2.45, 2.75) is 38.3 Å². The predicted octanol–water partition coefficient (Wildman–Crippen LogP) is 3.40. The molecule has 1 aliphatic carbocycles. The van der Waals surface area contributed by atoms with Gasteiger partial charge in [-0.2, -0.15) is 0 Å². The van der Waals surface area contributed by atoms with Crippen LogP contribution in [-0.4, -0.2) is 29.7 Å². The van der Waals surface area contributed by atoms with Crippen molar-refractivity contribution in [2.24, 2.45) is 0 Å². The van der Waals surface area contributed by atoms with Crippen molar-refractivity contribution < 1.29 is 24.2 Å². The number of nitrogens with one attached hydrogen (secondary N) is 1. The summed E-state index contributed by atoms with van der Waals surface area (Å²) >= 11 is 0. The highest BCUT2D eigenvalue weighted by atomic mass is 16.5. The molecule has 6 nitrogen and oxygen atoms in total. The van der Waals surface area contributed by atoms with Gasteiger partial charge in [0.1, 0.15) is 11.5 Å². The van der Waals surface area contributed by atoms with E-state index in [4.69, 9.17) is 14.6 Å². The van der Waals surface area contributed by atoms with Crippen LogP contribution in [0.2, 0.25) is 0 Å². The van der Waals surface area contributed by atoms with Crippen LogP contribution in [0.5, 0.6) is 11.5 Å². The number of carboxylic acid groups (broad SMARTS) is 1. The SMILES string of the molecule is O=C(O)COc1cccc(C(=O)NCc2ccccc2OC2CCCC2)c1. The third kappa shape index (κ3) is 5.48. The third-order valence-corrected chi connectivity index (χ3v) is 4.47. The first-order valence-corrected chi connectivity index (χ1v) is 9.09. The van der Waals surface area contributed by atoms with Gasteiger partial charge in [-0.25, -0.2) is 4.79 Å². The van der Waals surface area contributed by atoms with Crippen molar-refractivity contribution in [3.63, 3.8) is 0 Å². The Hall–Kier alpha value is -3.02. The maximum atomic E-state index is 12.4. The van der Waals surface area contributed by atoms with Crippen LogP contribution in [0.1, 0.15) is 41.6 Å².